The molecule has 3 atom stereocenters. The molecule has 0 radical (unpaired) electrons. The van der Waals surface area contributed by atoms with E-state index in [9.17, 15) is 19.5 Å². The standard InChI is InChI=1S/C35H38N4O4S/c1-23-11-7-8-16-27(23)21-36-32(41)31-35(2,3)44-22-39(31)33(42)30(40)29(19-24-12-5-4-6-13-24)38-34(43)37-28-18-17-25-14-9-10-15-26(25)20-28/h4-18,20,29-31,40H,19,21-22H2,1-3H3,(H,36,41)(H2,37,38,43). The van der Waals surface area contributed by atoms with Crippen molar-refractivity contribution in [2.45, 2.75) is 56.7 Å². The summed E-state index contributed by atoms with van der Waals surface area (Å²) in [6, 6.07) is 28.3. The zero-order chi connectivity index (χ0) is 31.3. The molecule has 1 fully saturated rings. The molecule has 0 aromatic heterocycles. The molecule has 9 heteroatoms. The Morgan fingerprint density at radius 2 is 1.61 bits per heavy atom. The second-order valence-electron chi connectivity index (χ2n) is 11.6. The summed E-state index contributed by atoms with van der Waals surface area (Å²) >= 11 is 1.48. The molecule has 8 nitrogen and oxygen atoms in total. The van der Waals surface area contributed by atoms with E-state index in [-0.39, 0.29) is 18.2 Å². The summed E-state index contributed by atoms with van der Waals surface area (Å²) in [5, 5.41) is 22.2. The number of hydrogen-bond acceptors (Lipinski definition) is 5. The molecule has 0 aliphatic carbocycles. The van der Waals surface area contributed by atoms with Gasteiger partial charge in [0.05, 0.1) is 11.9 Å². The summed E-state index contributed by atoms with van der Waals surface area (Å²) in [7, 11) is 0. The summed E-state index contributed by atoms with van der Waals surface area (Å²) in [5.74, 6) is -0.649. The van der Waals surface area contributed by atoms with Crippen LogP contribution in [0.2, 0.25) is 0 Å². The van der Waals surface area contributed by atoms with E-state index >= 15 is 0 Å². The van der Waals surface area contributed by atoms with E-state index in [0.717, 1.165) is 27.5 Å². The van der Waals surface area contributed by atoms with Crippen molar-refractivity contribution >= 4 is 46.1 Å². The molecular weight excluding hydrogens is 572 g/mol. The monoisotopic (exact) mass is 610 g/mol. The average molecular weight is 611 g/mol. The molecule has 1 aliphatic heterocycles. The quantitative estimate of drug-likeness (QED) is 0.207. The largest absolute Gasteiger partial charge is 0.381 e. The van der Waals surface area contributed by atoms with Crippen molar-refractivity contribution in [1.29, 1.82) is 0 Å². The van der Waals surface area contributed by atoms with Crippen LogP contribution < -0.4 is 16.0 Å². The molecule has 44 heavy (non-hydrogen) atoms. The zero-order valence-electron chi connectivity index (χ0n) is 25.1. The molecule has 4 aromatic carbocycles. The molecular formula is C35H38N4O4S. The lowest BCUT2D eigenvalue weighted by Gasteiger charge is -2.33. The fourth-order valence-electron chi connectivity index (χ4n) is 5.55. The first-order valence-corrected chi connectivity index (χ1v) is 15.7. The molecule has 3 unspecified atom stereocenters. The summed E-state index contributed by atoms with van der Waals surface area (Å²) in [6.45, 7) is 6.16. The summed E-state index contributed by atoms with van der Waals surface area (Å²) in [6.07, 6.45) is -1.37. The number of aliphatic hydroxyl groups excluding tert-OH is 1. The van der Waals surface area contributed by atoms with Gasteiger partial charge in [0.1, 0.15) is 6.04 Å². The second kappa shape index (κ2) is 13.5. The molecule has 0 bridgehead atoms. The van der Waals surface area contributed by atoms with Crippen LogP contribution in [-0.2, 0) is 22.6 Å². The number of rotatable bonds is 9. The van der Waals surface area contributed by atoms with Gasteiger partial charge in [-0.15, -0.1) is 11.8 Å². The minimum atomic E-state index is -1.58. The zero-order valence-corrected chi connectivity index (χ0v) is 25.9. The van der Waals surface area contributed by atoms with Crippen molar-refractivity contribution in [3.8, 4) is 0 Å². The van der Waals surface area contributed by atoms with Gasteiger partial charge in [-0.05, 0) is 66.8 Å². The van der Waals surface area contributed by atoms with Gasteiger partial charge >= 0.3 is 6.03 Å². The van der Waals surface area contributed by atoms with Gasteiger partial charge in [-0.3, -0.25) is 9.59 Å². The Morgan fingerprint density at radius 3 is 2.36 bits per heavy atom. The van der Waals surface area contributed by atoms with E-state index in [0.29, 0.717) is 12.2 Å². The number of benzene rings is 4. The number of aliphatic hydroxyl groups is 1. The lowest BCUT2D eigenvalue weighted by Crippen LogP contribution is -2.59. The van der Waals surface area contributed by atoms with E-state index < -0.39 is 34.9 Å². The predicted molar refractivity (Wildman–Crippen MR) is 176 cm³/mol. The van der Waals surface area contributed by atoms with Crippen LogP contribution >= 0.6 is 11.8 Å². The van der Waals surface area contributed by atoms with Crippen LogP contribution in [0, 0.1) is 6.92 Å². The molecule has 1 aliphatic rings. The second-order valence-corrected chi connectivity index (χ2v) is 13.2. The van der Waals surface area contributed by atoms with Crippen molar-refractivity contribution in [2.24, 2.45) is 0 Å². The Morgan fingerprint density at radius 1 is 0.932 bits per heavy atom. The van der Waals surface area contributed by atoms with Crippen molar-refractivity contribution in [1.82, 2.24) is 15.5 Å². The van der Waals surface area contributed by atoms with Crippen LogP contribution in [0.15, 0.2) is 97.1 Å². The van der Waals surface area contributed by atoms with Crippen molar-refractivity contribution < 1.29 is 19.5 Å². The van der Waals surface area contributed by atoms with Gasteiger partial charge in [0.15, 0.2) is 6.10 Å². The summed E-state index contributed by atoms with van der Waals surface area (Å²) in [4.78, 5) is 42.1. The highest BCUT2D eigenvalue weighted by molar-refractivity contribution is 8.00. The molecule has 5 rings (SSSR count). The maximum atomic E-state index is 13.9. The van der Waals surface area contributed by atoms with E-state index in [1.807, 2.05) is 112 Å². The fourth-order valence-corrected chi connectivity index (χ4v) is 6.69. The SMILES string of the molecule is Cc1ccccc1CNC(=O)C1N(C(=O)C(O)C(Cc2ccccc2)NC(=O)Nc2ccc3ccccc3c2)CSC1(C)C. The summed E-state index contributed by atoms with van der Waals surface area (Å²) < 4.78 is -0.582. The third-order valence-electron chi connectivity index (χ3n) is 8.05. The molecule has 4 amide bonds. The highest BCUT2D eigenvalue weighted by atomic mass is 32.2. The number of fused-ring (bicyclic) bond motifs is 1. The number of anilines is 1. The number of thioether (sulfide) groups is 1. The molecule has 1 heterocycles. The summed E-state index contributed by atoms with van der Waals surface area (Å²) in [5.41, 5.74) is 3.49. The average Bonchev–Trinajstić information content (AvgIpc) is 3.34. The molecule has 1 saturated heterocycles. The predicted octanol–water partition coefficient (Wildman–Crippen LogP) is 5.24. The van der Waals surface area contributed by atoms with E-state index in [2.05, 4.69) is 16.0 Å². The van der Waals surface area contributed by atoms with Crippen LogP contribution in [-0.4, -0.2) is 56.7 Å². The molecule has 0 saturated carbocycles. The van der Waals surface area contributed by atoms with E-state index in [1.165, 1.54) is 16.7 Å². The van der Waals surface area contributed by atoms with Crippen LogP contribution in [0.3, 0.4) is 0 Å². The van der Waals surface area contributed by atoms with Gasteiger partial charge < -0.3 is 26.0 Å². The Hall–Kier alpha value is -4.34. The van der Waals surface area contributed by atoms with Gasteiger partial charge in [0, 0.05) is 17.0 Å². The normalized spacial score (nSPS) is 17.1. The smallest absolute Gasteiger partial charge is 0.319 e. The first-order valence-electron chi connectivity index (χ1n) is 14.7. The number of nitrogens with one attached hydrogen (secondary N) is 3. The third-order valence-corrected chi connectivity index (χ3v) is 9.42. The van der Waals surface area contributed by atoms with Gasteiger partial charge in [-0.2, -0.15) is 0 Å². The number of urea groups is 1. The topological polar surface area (TPSA) is 111 Å². The third kappa shape index (κ3) is 7.23. The first-order chi connectivity index (χ1) is 21.1. The van der Waals surface area contributed by atoms with Crippen LogP contribution in [0.5, 0.6) is 0 Å². The van der Waals surface area contributed by atoms with Crippen molar-refractivity contribution in [3.05, 3.63) is 114 Å². The Bertz CT molecular complexity index is 1640. The van der Waals surface area contributed by atoms with Gasteiger partial charge in [0.25, 0.3) is 5.91 Å². The lowest BCUT2D eigenvalue weighted by atomic mass is 9.97. The van der Waals surface area contributed by atoms with E-state index in [1.54, 1.807) is 6.07 Å². The number of amides is 4. The number of nitrogens with zero attached hydrogens (tertiary/aromatic N) is 1. The Kier molecular flexibility index (Phi) is 9.56. The fraction of sp³-hybridized carbons (Fsp3) is 0.286. The van der Waals surface area contributed by atoms with Crippen LogP contribution in [0.4, 0.5) is 10.5 Å². The van der Waals surface area contributed by atoms with Crippen LogP contribution in [0.1, 0.15) is 30.5 Å². The van der Waals surface area contributed by atoms with Gasteiger partial charge in [-0.1, -0.05) is 84.9 Å². The molecule has 4 N–H and O–H groups in total. The molecule has 0 spiro atoms. The van der Waals surface area contributed by atoms with Gasteiger partial charge in [0.2, 0.25) is 5.91 Å². The maximum absolute atomic E-state index is 13.9. The maximum Gasteiger partial charge on any atom is 0.319 e. The van der Waals surface area contributed by atoms with Gasteiger partial charge in [-0.25, -0.2) is 4.79 Å². The minimum Gasteiger partial charge on any atom is -0.381 e. The number of carbonyl (C=O) groups excluding carboxylic acids is 3. The Labute approximate surface area is 262 Å². The van der Waals surface area contributed by atoms with Crippen molar-refractivity contribution in [2.75, 3.05) is 11.2 Å². The molecule has 4 aromatic rings. The van der Waals surface area contributed by atoms with Crippen molar-refractivity contribution in [3.63, 3.8) is 0 Å². The number of aryl methyl sites for hydroxylation is 1. The van der Waals surface area contributed by atoms with E-state index in [4.69, 9.17) is 0 Å². The Balaban J connectivity index is 1.32. The highest BCUT2D eigenvalue weighted by Crippen LogP contribution is 2.40. The highest BCUT2D eigenvalue weighted by Gasteiger charge is 2.49. The number of carbonyl (C=O) groups is 3. The molecule has 228 valence electrons. The number of hydrogen-bond donors (Lipinski definition) is 4. The minimum absolute atomic E-state index is 0.216. The van der Waals surface area contributed by atoms with Crippen LogP contribution in [0.25, 0.3) is 10.8 Å². The lowest BCUT2D eigenvalue weighted by molar-refractivity contribution is -0.147. The first kappa shape index (κ1) is 31.1.